The highest BCUT2D eigenvalue weighted by molar-refractivity contribution is 5.38. The lowest BCUT2D eigenvalue weighted by atomic mass is 10.0. The normalized spacial score (nSPS) is 18.8. The Kier molecular flexibility index (Phi) is 4.80. The molecular formula is C17H24N6O2. The maximum Gasteiger partial charge on any atom is 0.218 e. The van der Waals surface area contributed by atoms with Gasteiger partial charge in [0.25, 0.3) is 0 Å². The Morgan fingerprint density at radius 1 is 1.28 bits per heavy atom. The van der Waals surface area contributed by atoms with E-state index in [1.807, 2.05) is 6.07 Å². The van der Waals surface area contributed by atoms with E-state index in [-0.39, 0.29) is 0 Å². The fourth-order valence-corrected chi connectivity index (χ4v) is 3.43. The van der Waals surface area contributed by atoms with Gasteiger partial charge in [0.15, 0.2) is 0 Å². The standard InChI is InChI=1S/C17H24N6O2/c1-24-17-8-15(18-12-19-17)20-13-2-4-22(5-3-13)9-14-10-23-6-7-25-11-16(23)21-14/h8,10,12-13H,2-7,9,11H2,1H3,(H,18,19,20). The van der Waals surface area contributed by atoms with Crippen LogP contribution in [-0.4, -0.2) is 57.3 Å². The lowest BCUT2D eigenvalue weighted by molar-refractivity contribution is 0.0816. The molecule has 4 heterocycles. The van der Waals surface area contributed by atoms with Crippen molar-refractivity contribution < 1.29 is 9.47 Å². The average molecular weight is 344 g/mol. The molecule has 0 aromatic carbocycles. The van der Waals surface area contributed by atoms with Gasteiger partial charge < -0.3 is 19.4 Å². The number of nitrogens with zero attached hydrogens (tertiary/aromatic N) is 5. The first-order valence-electron chi connectivity index (χ1n) is 8.78. The zero-order valence-corrected chi connectivity index (χ0v) is 14.5. The van der Waals surface area contributed by atoms with Crippen molar-refractivity contribution in [1.82, 2.24) is 24.4 Å². The highest BCUT2D eigenvalue weighted by Crippen LogP contribution is 2.19. The third-order valence-electron chi connectivity index (χ3n) is 4.79. The number of anilines is 1. The minimum Gasteiger partial charge on any atom is -0.481 e. The van der Waals surface area contributed by atoms with Crippen LogP contribution in [0, 0.1) is 0 Å². The van der Waals surface area contributed by atoms with Crippen LogP contribution in [0.25, 0.3) is 0 Å². The Bertz CT molecular complexity index is 687. The molecule has 0 bridgehead atoms. The van der Waals surface area contributed by atoms with E-state index in [1.54, 1.807) is 7.11 Å². The summed E-state index contributed by atoms with van der Waals surface area (Å²) in [5.41, 5.74) is 1.15. The SMILES string of the molecule is COc1cc(NC2CCN(Cc3cn4c(n3)COCC4)CC2)ncn1. The first-order valence-corrected chi connectivity index (χ1v) is 8.78. The zero-order valence-electron chi connectivity index (χ0n) is 14.5. The monoisotopic (exact) mass is 344 g/mol. The number of hydrogen-bond donors (Lipinski definition) is 1. The highest BCUT2D eigenvalue weighted by atomic mass is 16.5. The quantitative estimate of drug-likeness (QED) is 0.876. The molecule has 2 aromatic rings. The highest BCUT2D eigenvalue weighted by Gasteiger charge is 2.21. The second-order valence-corrected chi connectivity index (χ2v) is 6.53. The Morgan fingerprint density at radius 3 is 2.96 bits per heavy atom. The molecule has 8 heteroatoms. The Morgan fingerprint density at radius 2 is 2.16 bits per heavy atom. The van der Waals surface area contributed by atoms with Crippen molar-refractivity contribution in [3.8, 4) is 5.88 Å². The predicted octanol–water partition coefficient (Wildman–Crippen LogP) is 1.29. The van der Waals surface area contributed by atoms with Crippen molar-refractivity contribution in [2.75, 3.05) is 32.1 Å². The molecule has 1 saturated heterocycles. The number of methoxy groups -OCH3 is 1. The molecule has 0 radical (unpaired) electrons. The van der Waals surface area contributed by atoms with Gasteiger partial charge in [-0.25, -0.2) is 15.0 Å². The number of fused-ring (bicyclic) bond motifs is 1. The van der Waals surface area contributed by atoms with Crippen LogP contribution in [0.3, 0.4) is 0 Å². The maximum atomic E-state index is 5.46. The van der Waals surface area contributed by atoms with Crippen LogP contribution in [0.1, 0.15) is 24.4 Å². The first kappa shape index (κ1) is 16.3. The zero-order chi connectivity index (χ0) is 17.1. The minimum atomic E-state index is 0.430. The van der Waals surface area contributed by atoms with Gasteiger partial charge in [0, 0.05) is 44.5 Å². The van der Waals surface area contributed by atoms with Crippen LogP contribution in [0.15, 0.2) is 18.6 Å². The van der Waals surface area contributed by atoms with Crippen molar-refractivity contribution in [3.05, 3.63) is 30.1 Å². The lowest BCUT2D eigenvalue weighted by Crippen LogP contribution is -2.38. The van der Waals surface area contributed by atoms with Crippen LogP contribution < -0.4 is 10.1 Å². The molecule has 0 unspecified atom stereocenters. The van der Waals surface area contributed by atoms with Crippen LogP contribution in [0.2, 0.25) is 0 Å². The third-order valence-corrected chi connectivity index (χ3v) is 4.79. The number of rotatable bonds is 5. The Labute approximate surface area is 147 Å². The van der Waals surface area contributed by atoms with E-state index < -0.39 is 0 Å². The van der Waals surface area contributed by atoms with Crippen molar-refractivity contribution in [2.45, 2.75) is 38.6 Å². The Balaban J connectivity index is 1.28. The van der Waals surface area contributed by atoms with Crippen molar-refractivity contribution in [3.63, 3.8) is 0 Å². The van der Waals surface area contributed by atoms with Gasteiger partial charge in [-0.1, -0.05) is 0 Å². The van der Waals surface area contributed by atoms with Gasteiger partial charge in [-0.2, -0.15) is 0 Å². The summed E-state index contributed by atoms with van der Waals surface area (Å²) < 4.78 is 12.8. The molecular weight excluding hydrogens is 320 g/mol. The molecule has 0 spiro atoms. The second-order valence-electron chi connectivity index (χ2n) is 6.53. The molecule has 2 aromatic heterocycles. The van der Waals surface area contributed by atoms with E-state index in [1.165, 1.54) is 6.33 Å². The first-order chi connectivity index (χ1) is 12.3. The third kappa shape index (κ3) is 3.91. The number of ether oxygens (including phenoxy) is 2. The van der Waals surface area contributed by atoms with Gasteiger partial charge >= 0.3 is 0 Å². The molecule has 0 atom stereocenters. The van der Waals surface area contributed by atoms with E-state index in [0.29, 0.717) is 18.5 Å². The van der Waals surface area contributed by atoms with Crippen LogP contribution in [-0.2, 0) is 24.4 Å². The van der Waals surface area contributed by atoms with Crippen LogP contribution >= 0.6 is 0 Å². The molecule has 0 saturated carbocycles. The number of nitrogens with one attached hydrogen (secondary N) is 1. The fraction of sp³-hybridized carbons (Fsp3) is 0.588. The number of hydrogen-bond acceptors (Lipinski definition) is 7. The molecule has 1 N–H and O–H groups in total. The lowest BCUT2D eigenvalue weighted by Gasteiger charge is -2.32. The van der Waals surface area contributed by atoms with Gasteiger partial charge in [0.05, 0.1) is 19.4 Å². The summed E-state index contributed by atoms with van der Waals surface area (Å²) in [7, 11) is 1.62. The molecule has 2 aliphatic heterocycles. The maximum absolute atomic E-state index is 5.46. The minimum absolute atomic E-state index is 0.430. The second kappa shape index (κ2) is 7.37. The molecule has 1 fully saturated rings. The van der Waals surface area contributed by atoms with Gasteiger partial charge in [-0.15, -0.1) is 0 Å². The van der Waals surface area contributed by atoms with Gasteiger partial charge in [-0.05, 0) is 12.8 Å². The molecule has 25 heavy (non-hydrogen) atoms. The molecule has 8 nitrogen and oxygen atoms in total. The van der Waals surface area contributed by atoms with E-state index in [9.17, 15) is 0 Å². The molecule has 2 aliphatic rings. The Hall–Kier alpha value is -2.19. The molecule has 0 amide bonds. The van der Waals surface area contributed by atoms with Crippen LogP contribution in [0.4, 0.5) is 5.82 Å². The summed E-state index contributed by atoms with van der Waals surface area (Å²) >= 11 is 0. The van der Waals surface area contributed by atoms with Gasteiger partial charge in [-0.3, -0.25) is 4.90 Å². The number of likely N-dealkylation sites (tertiary alicyclic amines) is 1. The van der Waals surface area contributed by atoms with Crippen LogP contribution in [0.5, 0.6) is 5.88 Å². The average Bonchev–Trinajstić information content (AvgIpc) is 3.06. The predicted molar refractivity (Wildman–Crippen MR) is 92.4 cm³/mol. The summed E-state index contributed by atoms with van der Waals surface area (Å²) in [5, 5.41) is 3.49. The summed E-state index contributed by atoms with van der Waals surface area (Å²) in [4.78, 5) is 15.5. The number of aromatic nitrogens is 4. The van der Waals surface area contributed by atoms with Crippen molar-refractivity contribution in [1.29, 1.82) is 0 Å². The molecule has 0 aliphatic carbocycles. The largest absolute Gasteiger partial charge is 0.481 e. The van der Waals surface area contributed by atoms with Gasteiger partial charge in [0.2, 0.25) is 5.88 Å². The van der Waals surface area contributed by atoms with E-state index in [4.69, 9.17) is 14.5 Å². The van der Waals surface area contributed by atoms with Crippen molar-refractivity contribution in [2.24, 2.45) is 0 Å². The van der Waals surface area contributed by atoms with Gasteiger partial charge in [0.1, 0.15) is 24.6 Å². The topological polar surface area (TPSA) is 77.3 Å². The molecule has 4 rings (SSSR count). The summed E-state index contributed by atoms with van der Waals surface area (Å²) in [5.74, 6) is 2.46. The smallest absolute Gasteiger partial charge is 0.218 e. The summed E-state index contributed by atoms with van der Waals surface area (Å²) in [6, 6.07) is 2.27. The summed E-state index contributed by atoms with van der Waals surface area (Å²) in [6.07, 6.45) is 5.88. The fourth-order valence-electron chi connectivity index (χ4n) is 3.43. The number of imidazole rings is 1. The molecule has 134 valence electrons. The van der Waals surface area contributed by atoms with E-state index >= 15 is 0 Å². The van der Waals surface area contributed by atoms with E-state index in [2.05, 4.69) is 30.9 Å². The van der Waals surface area contributed by atoms with E-state index in [0.717, 1.165) is 63.0 Å². The van der Waals surface area contributed by atoms with Crippen molar-refractivity contribution >= 4 is 5.82 Å². The summed E-state index contributed by atoms with van der Waals surface area (Å²) in [6.45, 7) is 5.35. The number of piperidine rings is 1.